The molecule has 0 aliphatic heterocycles. The molecule has 0 saturated carbocycles. The van der Waals surface area contributed by atoms with E-state index in [0.717, 1.165) is 5.75 Å². The first kappa shape index (κ1) is 15.9. The van der Waals surface area contributed by atoms with E-state index >= 15 is 0 Å². The standard InChI is InChI=1S/C16H15ClFNOS/c17-14-6-3-5-12(10-14)16(20)19-8-9-21-11-13-4-1-2-7-15(13)18/h1-7,10H,8-9,11H2,(H,19,20). The van der Waals surface area contributed by atoms with E-state index in [-0.39, 0.29) is 11.7 Å². The Morgan fingerprint density at radius 3 is 2.76 bits per heavy atom. The molecule has 0 bridgehead atoms. The van der Waals surface area contributed by atoms with Crippen molar-refractivity contribution in [2.45, 2.75) is 5.75 Å². The highest BCUT2D eigenvalue weighted by Gasteiger charge is 2.05. The minimum atomic E-state index is -0.187. The Labute approximate surface area is 132 Å². The van der Waals surface area contributed by atoms with Crippen LogP contribution in [0.15, 0.2) is 48.5 Å². The van der Waals surface area contributed by atoms with Gasteiger partial charge in [-0.25, -0.2) is 4.39 Å². The molecule has 0 aromatic heterocycles. The van der Waals surface area contributed by atoms with E-state index in [2.05, 4.69) is 5.32 Å². The molecular formula is C16H15ClFNOS. The minimum absolute atomic E-state index is 0.149. The number of halogens is 2. The van der Waals surface area contributed by atoms with Crippen molar-refractivity contribution in [3.8, 4) is 0 Å². The number of hydrogen-bond donors (Lipinski definition) is 1. The van der Waals surface area contributed by atoms with Crippen LogP contribution in [-0.2, 0) is 5.75 Å². The molecule has 0 saturated heterocycles. The van der Waals surface area contributed by atoms with Gasteiger partial charge < -0.3 is 5.32 Å². The smallest absolute Gasteiger partial charge is 0.251 e. The van der Waals surface area contributed by atoms with Gasteiger partial charge in [0, 0.05) is 28.6 Å². The van der Waals surface area contributed by atoms with E-state index in [0.29, 0.717) is 28.4 Å². The molecule has 0 atom stereocenters. The number of nitrogens with one attached hydrogen (secondary N) is 1. The van der Waals surface area contributed by atoms with E-state index in [1.807, 2.05) is 6.07 Å². The Bertz CT molecular complexity index is 621. The van der Waals surface area contributed by atoms with Crippen molar-refractivity contribution in [3.63, 3.8) is 0 Å². The van der Waals surface area contributed by atoms with Crippen LogP contribution in [0.25, 0.3) is 0 Å². The van der Waals surface area contributed by atoms with Crippen LogP contribution in [0.1, 0.15) is 15.9 Å². The number of rotatable bonds is 6. The number of carbonyl (C=O) groups excluding carboxylic acids is 1. The van der Waals surface area contributed by atoms with E-state index in [1.165, 1.54) is 6.07 Å². The van der Waals surface area contributed by atoms with E-state index in [9.17, 15) is 9.18 Å². The maximum atomic E-state index is 13.4. The van der Waals surface area contributed by atoms with Crippen molar-refractivity contribution in [1.82, 2.24) is 5.32 Å². The lowest BCUT2D eigenvalue weighted by atomic mass is 10.2. The topological polar surface area (TPSA) is 29.1 Å². The van der Waals surface area contributed by atoms with Gasteiger partial charge in [0.25, 0.3) is 5.91 Å². The lowest BCUT2D eigenvalue weighted by molar-refractivity contribution is 0.0956. The summed E-state index contributed by atoms with van der Waals surface area (Å²) in [5, 5.41) is 3.35. The summed E-state index contributed by atoms with van der Waals surface area (Å²) in [4.78, 5) is 11.8. The van der Waals surface area contributed by atoms with Crippen LogP contribution < -0.4 is 5.32 Å². The normalized spacial score (nSPS) is 10.4. The second-order valence-corrected chi connectivity index (χ2v) is 5.95. The molecule has 0 unspecified atom stereocenters. The molecule has 0 aliphatic rings. The molecule has 110 valence electrons. The van der Waals surface area contributed by atoms with Crippen LogP contribution in [0.2, 0.25) is 5.02 Å². The fourth-order valence-corrected chi connectivity index (χ4v) is 2.80. The van der Waals surface area contributed by atoms with Crippen molar-refractivity contribution in [2.24, 2.45) is 0 Å². The minimum Gasteiger partial charge on any atom is -0.351 e. The summed E-state index contributed by atoms with van der Waals surface area (Å²) < 4.78 is 13.4. The predicted molar refractivity (Wildman–Crippen MR) is 86.3 cm³/mol. The quantitative estimate of drug-likeness (QED) is 0.809. The van der Waals surface area contributed by atoms with Gasteiger partial charge in [0.05, 0.1) is 0 Å². The van der Waals surface area contributed by atoms with Gasteiger partial charge in [-0.1, -0.05) is 35.9 Å². The monoisotopic (exact) mass is 323 g/mol. The highest BCUT2D eigenvalue weighted by molar-refractivity contribution is 7.98. The first-order chi connectivity index (χ1) is 10.2. The molecule has 0 aliphatic carbocycles. The highest BCUT2D eigenvalue weighted by atomic mass is 35.5. The summed E-state index contributed by atoms with van der Waals surface area (Å²) in [5.41, 5.74) is 1.23. The molecule has 2 rings (SSSR count). The Balaban J connectivity index is 1.70. The summed E-state index contributed by atoms with van der Waals surface area (Å²) in [7, 11) is 0. The number of carbonyl (C=O) groups is 1. The van der Waals surface area contributed by atoms with Crippen molar-refractivity contribution in [2.75, 3.05) is 12.3 Å². The molecule has 5 heteroatoms. The Morgan fingerprint density at radius 1 is 1.19 bits per heavy atom. The lowest BCUT2D eigenvalue weighted by Crippen LogP contribution is -2.25. The van der Waals surface area contributed by atoms with Crippen LogP contribution in [0.4, 0.5) is 4.39 Å². The van der Waals surface area contributed by atoms with Gasteiger partial charge in [-0.05, 0) is 29.8 Å². The third-order valence-corrected chi connectivity index (χ3v) is 4.08. The van der Waals surface area contributed by atoms with Gasteiger partial charge in [-0.15, -0.1) is 0 Å². The zero-order valence-corrected chi connectivity index (χ0v) is 12.9. The average molecular weight is 324 g/mol. The second-order valence-electron chi connectivity index (χ2n) is 4.41. The molecule has 21 heavy (non-hydrogen) atoms. The molecule has 0 radical (unpaired) electrons. The predicted octanol–water partition coefficient (Wildman–Crippen LogP) is 4.14. The van der Waals surface area contributed by atoms with Gasteiger partial charge in [0.2, 0.25) is 0 Å². The van der Waals surface area contributed by atoms with Gasteiger partial charge in [0.15, 0.2) is 0 Å². The molecule has 2 nitrogen and oxygen atoms in total. The fourth-order valence-electron chi connectivity index (χ4n) is 1.77. The molecule has 0 heterocycles. The molecule has 1 N–H and O–H groups in total. The van der Waals surface area contributed by atoms with Crippen LogP contribution in [0.5, 0.6) is 0 Å². The lowest BCUT2D eigenvalue weighted by Gasteiger charge is -2.06. The maximum absolute atomic E-state index is 13.4. The highest BCUT2D eigenvalue weighted by Crippen LogP contribution is 2.15. The van der Waals surface area contributed by atoms with Gasteiger partial charge in [-0.2, -0.15) is 11.8 Å². The van der Waals surface area contributed by atoms with Crippen molar-refractivity contribution >= 4 is 29.3 Å². The number of thioether (sulfide) groups is 1. The van der Waals surface area contributed by atoms with Crippen LogP contribution in [0.3, 0.4) is 0 Å². The zero-order valence-electron chi connectivity index (χ0n) is 11.3. The molecule has 0 fully saturated rings. The van der Waals surface area contributed by atoms with E-state index < -0.39 is 0 Å². The number of hydrogen-bond acceptors (Lipinski definition) is 2. The number of benzene rings is 2. The summed E-state index contributed by atoms with van der Waals surface area (Å²) in [6, 6.07) is 13.5. The summed E-state index contributed by atoms with van der Waals surface area (Å²) in [5.74, 6) is 0.984. The molecule has 2 aromatic carbocycles. The largest absolute Gasteiger partial charge is 0.351 e. The zero-order chi connectivity index (χ0) is 15.1. The molecule has 2 aromatic rings. The summed E-state index contributed by atoms with van der Waals surface area (Å²) in [6.07, 6.45) is 0. The second kappa shape index (κ2) is 8.05. The molecule has 1 amide bonds. The van der Waals surface area contributed by atoms with Crippen LogP contribution >= 0.6 is 23.4 Å². The van der Waals surface area contributed by atoms with Crippen LogP contribution in [-0.4, -0.2) is 18.2 Å². The van der Waals surface area contributed by atoms with E-state index in [1.54, 1.807) is 48.2 Å². The first-order valence-corrected chi connectivity index (χ1v) is 8.05. The maximum Gasteiger partial charge on any atom is 0.251 e. The molecule has 0 spiro atoms. The fraction of sp³-hybridized carbons (Fsp3) is 0.188. The third kappa shape index (κ3) is 5.06. The van der Waals surface area contributed by atoms with Crippen molar-refractivity contribution < 1.29 is 9.18 Å². The Kier molecular flexibility index (Phi) is 6.08. The summed E-state index contributed by atoms with van der Waals surface area (Å²) >= 11 is 7.42. The van der Waals surface area contributed by atoms with Crippen LogP contribution in [0, 0.1) is 5.82 Å². The Hall–Kier alpha value is -1.52. The SMILES string of the molecule is O=C(NCCSCc1ccccc1F)c1cccc(Cl)c1. The van der Waals surface area contributed by atoms with Gasteiger partial charge >= 0.3 is 0 Å². The third-order valence-electron chi connectivity index (χ3n) is 2.83. The van der Waals surface area contributed by atoms with E-state index in [4.69, 9.17) is 11.6 Å². The average Bonchev–Trinajstić information content (AvgIpc) is 2.48. The van der Waals surface area contributed by atoms with Gasteiger partial charge in [0.1, 0.15) is 5.82 Å². The van der Waals surface area contributed by atoms with Crippen molar-refractivity contribution in [3.05, 3.63) is 70.5 Å². The summed E-state index contributed by atoms with van der Waals surface area (Å²) in [6.45, 7) is 0.532. The molecular weight excluding hydrogens is 309 g/mol. The Morgan fingerprint density at radius 2 is 2.00 bits per heavy atom. The van der Waals surface area contributed by atoms with Gasteiger partial charge in [-0.3, -0.25) is 4.79 Å². The first-order valence-electron chi connectivity index (χ1n) is 6.52. The number of amides is 1. The van der Waals surface area contributed by atoms with Crippen molar-refractivity contribution in [1.29, 1.82) is 0 Å².